The van der Waals surface area contributed by atoms with Crippen molar-refractivity contribution in [2.45, 2.75) is 0 Å². The van der Waals surface area contributed by atoms with Gasteiger partial charge in [0.2, 0.25) is 0 Å². The maximum absolute atomic E-state index is 12.8. The molecule has 0 saturated carbocycles. The predicted octanol–water partition coefficient (Wildman–Crippen LogP) is 2.96. The molecule has 6 nitrogen and oxygen atoms in total. The first-order valence-corrected chi connectivity index (χ1v) is 8.85. The summed E-state index contributed by atoms with van der Waals surface area (Å²) in [4.78, 5) is 31.7. The van der Waals surface area contributed by atoms with Crippen LogP contribution in [0.1, 0.15) is 20.8 Å². The number of carbonyl (C=O) groups is 2. The zero-order valence-electron chi connectivity index (χ0n) is 14.7. The summed E-state index contributed by atoms with van der Waals surface area (Å²) in [5, 5.41) is 3.80. The van der Waals surface area contributed by atoms with E-state index in [-0.39, 0.29) is 11.8 Å². The van der Waals surface area contributed by atoms with E-state index in [1.54, 1.807) is 35.2 Å². The van der Waals surface area contributed by atoms with Gasteiger partial charge in [0.1, 0.15) is 5.69 Å². The second kappa shape index (κ2) is 7.55. The number of carbonyl (C=O) groups excluding carboxylic acids is 2. The van der Waals surface area contributed by atoms with Gasteiger partial charge in [-0.2, -0.15) is 0 Å². The van der Waals surface area contributed by atoms with Crippen molar-refractivity contribution in [2.75, 3.05) is 31.6 Å². The zero-order valence-corrected chi connectivity index (χ0v) is 14.7. The first kappa shape index (κ1) is 17.2. The van der Waals surface area contributed by atoms with E-state index in [0.717, 1.165) is 10.9 Å². The van der Waals surface area contributed by atoms with Crippen molar-refractivity contribution >= 4 is 28.4 Å². The van der Waals surface area contributed by atoms with Crippen molar-refractivity contribution in [3.8, 4) is 0 Å². The standard InChI is InChI=1S/C21H19N3O3/c25-20(19-10-9-15-5-1-3-7-17(15)22-19)23-18-8-4-2-6-16(18)21(26)24-11-13-27-14-12-24/h1-10H,11-14H2,(H,23,25). The highest BCUT2D eigenvalue weighted by Gasteiger charge is 2.22. The smallest absolute Gasteiger partial charge is 0.274 e. The number of para-hydroxylation sites is 2. The zero-order chi connectivity index (χ0) is 18.6. The van der Waals surface area contributed by atoms with Crippen LogP contribution in [-0.4, -0.2) is 48.0 Å². The molecule has 0 spiro atoms. The number of amides is 2. The van der Waals surface area contributed by atoms with Gasteiger partial charge in [-0.25, -0.2) is 4.98 Å². The molecular weight excluding hydrogens is 342 g/mol. The molecule has 2 amide bonds. The minimum absolute atomic E-state index is 0.110. The molecule has 1 aliphatic rings. The summed E-state index contributed by atoms with van der Waals surface area (Å²) in [5.41, 5.74) is 2.01. The number of anilines is 1. The Hall–Kier alpha value is -3.25. The Morgan fingerprint density at radius 2 is 1.67 bits per heavy atom. The van der Waals surface area contributed by atoms with E-state index in [1.165, 1.54) is 0 Å². The number of aromatic nitrogens is 1. The number of nitrogens with one attached hydrogen (secondary N) is 1. The highest BCUT2D eigenvalue weighted by molar-refractivity contribution is 6.08. The Kier molecular flexibility index (Phi) is 4.80. The average molecular weight is 361 g/mol. The fourth-order valence-corrected chi connectivity index (χ4v) is 3.09. The summed E-state index contributed by atoms with van der Waals surface area (Å²) in [6.45, 7) is 2.16. The topological polar surface area (TPSA) is 71.5 Å². The lowest BCUT2D eigenvalue weighted by atomic mass is 10.1. The molecule has 1 aliphatic heterocycles. The second-order valence-corrected chi connectivity index (χ2v) is 6.29. The van der Waals surface area contributed by atoms with E-state index < -0.39 is 0 Å². The summed E-state index contributed by atoms with van der Waals surface area (Å²) in [7, 11) is 0. The molecule has 0 aliphatic carbocycles. The number of ether oxygens (including phenoxy) is 1. The molecule has 0 radical (unpaired) electrons. The summed E-state index contributed by atoms with van der Waals surface area (Å²) in [5.74, 6) is -0.455. The maximum Gasteiger partial charge on any atom is 0.274 e. The average Bonchev–Trinajstić information content (AvgIpc) is 2.74. The van der Waals surface area contributed by atoms with Crippen LogP contribution in [0.15, 0.2) is 60.7 Å². The fraction of sp³-hybridized carbons (Fsp3) is 0.190. The molecule has 6 heteroatoms. The third kappa shape index (κ3) is 3.66. The molecule has 2 aromatic carbocycles. The van der Waals surface area contributed by atoms with Gasteiger partial charge in [-0.05, 0) is 24.3 Å². The van der Waals surface area contributed by atoms with Crippen molar-refractivity contribution < 1.29 is 14.3 Å². The van der Waals surface area contributed by atoms with Crippen molar-refractivity contribution in [3.63, 3.8) is 0 Å². The third-order valence-corrected chi connectivity index (χ3v) is 4.54. The molecule has 136 valence electrons. The molecule has 27 heavy (non-hydrogen) atoms. The number of rotatable bonds is 3. The molecule has 1 N–H and O–H groups in total. The number of fused-ring (bicyclic) bond motifs is 1. The van der Waals surface area contributed by atoms with Crippen LogP contribution in [0.4, 0.5) is 5.69 Å². The third-order valence-electron chi connectivity index (χ3n) is 4.54. The largest absolute Gasteiger partial charge is 0.378 e. The molecule has 0 unspecified atom stereocenters. The molecule has 4 rings (SSSR count). The predicted molar refractivity (Wildman–Crippen MR) is 103 cm³/mol. The van der Waals surface area contributed by atoms with E-state index in [4.69, 9.17) is 4.74 Å². The van der Waals surface area contributed by atoms with Gasteiger partial charge in [-0.1, -0.05) is 36.4 Å². The van der Waals surface area contributed by atoms with Crippen molar-refractivity contribution in [1.82, 2.24) is 9.88 Å². The number of benzene rings is 2. The normalized spacial score (nSPS) is 14.1. The van der Waals surface area contributed by atoms with Gasteiger partial charge in [0, 0.05) is 18.5 Å². The molecule has 1 fully saturated rings. The van der Waals surface area contributed by atoms with Gasteiger partial charge >= 0.3 is 0 Å². The van der Waals surface area contributed by atoms with Gasteiger partial charge in [0.25, 0.3) is 11.8 Å². The van der Waals surface area contributed by atoms with Crippen molar-refractivity contribution in [3.05, 3.63) is 71.9 Å². The van der Waals surface area contributed by atoms with Crippen LogP contribution in [0.2, 0.25) is 0 Å². The van der Waals surface area contributed by atoms with Crippen LogP contribution in [0.5, 0.6) is 0 Å². The summed E-state index contributed by atoms with van der Waals surface area (Å²) in [6, 6.07) is 18.2. The molecule has 0 bridgehead atoms. The minimum Gasteiger partial charge on any atom is -0.378 e. The minimum atomic E-state index is -0.344. The lowest BCUT2D eigenvalue weighted by Crippen LogP contribution is -2.41. The summed E-state index contributed by atoms with van der Waals surface area (Å²) >= 11 is 0. The summed E-state index contributed by atoms with van der Waals surface area (Å²) in [6.07, 6.45) is 0. The monoisotopic (exact) mass is 361 g/mol. The number of nitrogens with zero attached hydrogens (tertiary/aromatic N) is 2. The van der Waals surface area contributed by atoms with E-state index in [9.17, 15) is 9.59 Å². The Morgan fingerprint density at radius 3 is 2.52 bits per heavy atom. The van der Waals surface area contributed by atoms with Gasteiger partial charge < -0.3 is 15.0 Å². The molecular formula is C21H19N3O3. The highest BCUT2D eigenvalue weighted by atomic mass is 16.5. The first-order valence-electron chi connectivity index (χ1n) is 8.85. The molecule has 1 saturated heterocycles. The van der Waals surface area contributed by atoms with E-state index in [2.05, 4.69) is 10.3 Å². The Labute approximate surface area is 156 Å². The number of hydrogen-bond donors (Lipinski definition) is 1. The number of hydrogen-bond acceptors (Lipinski definition) is 4. The van der Waals surface area contributed by atoms with E-state index >= 15 is 0 Å². The lowest BCUT2D eigenvalue weighted by molar-refractivity contribution is 0.0303. The lowest BCUT2D eigenvalue weighted by Gasteiger charge is -2.27. The van der Waals surface area contributed by atoms with Gasteiger partial charge in [0.05, 0.1) is 30.0 Å². The summed E-state index contributed by atoms with van der Waals surface area (Å²) < 4.78 is 5.30. The first-order chi connectivity index (χ1) is 13.2. The Morgan fingerprint density at radius 1 is 0.926 bits per heavy atom. The Bertz CT molecular complexity index is 997. The van der Waals surface area contributed by atoms with Crippen LogP contribution >= 0.6 is 0 Å². The van der Waals surface area contributed by atoms with Gasteiger partial charge in [-0.3, -0.25) is 9.59 Å². The van der Waals surface area contributed by atoms with Crippen molar-refractivity contribution in [1.29, 1.82) is 0 Å². The van der Waals surface area contributed by atoms with Crippen LogP contribution in [0.25, 0.3) is 10.9 Å². The van der Waals surface area contributed by atoms with Crippen LogP contribution < -0.4 is 5.32 Å². The molecule has 2 heterocycles. The Balaban J connectivity index is 1.58. The van der Waals surface area contributed by atoms with Crippen LogP contribution in [-0.2, 0) is 4.74 Å². The molecule has 0 atom stereocenters. The number of pyridine rings is 1. The fourth-order valence-electron chi connectivity index (χ4n) is 3.09. The van der Waals surface area contributed by atoms with Crippen LogP contribution in [0, 0.1) is 0 Å². The van der Waals surface area contributed by atoms with Gasteiger partial charge in [0.15, 0.2) is 0 Å². The van der Waals surface area contributed by atoms with Crippen LogP contribution in [0.3, 0.4) is 0 Å². The van der Waals surface area contributed by atoms with Gasteiger partial charge in [-0.15, -0.1) is 0 Å². The second-order valence-electron chi connectivity index (χ2n) is 6.29. The maximum atomic E-state index is 12.8. The van der Waals surface area contributed by atoms with E-state index in [0.29, 0.717) is 43.2 Å². The SMILES string of the molecule is O=C(Nc1ccccc1C(=O)N1CCOCC1)c1ccc2ccccc2n1. The quantitative estimate of drug-likeness (QED) is 0.779. The number of morpholine rings is 1. The molecule has 3 aromatic rings. The molecule has 1 aromatic heterocycles. The van der Waals surface area contributed by atoms with E-state index in [1.807, 2.05) is 30.3 Å². The highest BCUT2D eigenvalue weighted by Crippen LogP contribution is 2.19. The van der Waals surface area contributed by atoms with Crippen molar-refractivity contribution in [2.24, 2.45) is 0 Å².